The van der Waals surface area contributed by atoms with Crippen molar-refractivity contribution in [2.45, 2.75) is 0 Å². The number of nitrogens with zero attached hydrogens (tertiary/aromatic N) is 2. The maximum Gasteiger partial charge on any atom is 0.255 e. The topological polar surface area (TPSA) is 66.9 Å². The molecule has 0 radical (unpaired) electrons. The number of hydrogen-bond acceptors (Lipinski definition) is 5. The Labute approximate surface area is 164 Å². The van der Waals surface area contributed by atoms with Gasteiger partial charge in [0.1, 0.15) is 5.82 Å². The Morgan fingerprint density at radius 3 is 2.61 bits per heavy atom. The van der Waals surface area contributed by atoms with Gasteiger partial charge in [0.25, 0.3) is 5.91 Å². The van der Waals surface area contributed by atoms with Crippen LogP contribution in [-0.2, 0) is 0 Å². The van der Waals surface area contributed by atoms with Gasteiger partial charge in [0, 0.05) is 28.4 Å². The summed E-state index contributed by atoms with van der Waals surface area (Å²) in [5.41, 5.74) is 3.54. The molecule has 2 aromatic heterocycles. The molecular weight excluding hydrogens is 375 g/mol. The number of aromatic nitrogens is 2. The third-order valence-corrected chi connectivity index (χ3v) is 4.70. The SMILES string of the molecule is O=C(Nc1ccc(-c2csc(Nc3cccnc3)n2)cc1)c1cccc(F)c1. The maximum atomic E-state index is 13.3. The van der Waals surface area contributed by atoms with Gasteiger partial charge < -0.3 is 10.6 Å². The summed E-state index contributed by atoms with van der Waals surface area (Å²) < 4.78 is 13.3. The van der Waals surface area contributed by atoms with Crippen LogP contribution >= 0.6 is 11.3 Å². The maximum absolute atomic E-state index is 13.3. The molecule has 4 rings (SSSR count). The molecular formula is C21H15FN4OS. The molecule has 1 amide bonds. The zero-order chi connectivity index (χ0) is 19.3. The molecule has 138 valence electrons. The summed E-state index contributed by atoms with van der Waals surface area (Å²) in [7, 11) is 0. The highest BCUT2D eigenvalue weighted by molar-refractivity contribution is 7.14. The molecule has 2 heterocycles. The summed E-state index contributed by atoms with van der Waals surface area (Å²) in [6, 6.07) is 16.7. The Hall–Kier alpha value is -3.58. The number of amides is 1. The van der Waals surface area contributed by atoms with Gasteiger partial charge in [0.15, 0.2) is 5.13 Å². The van der Waals surface area contributed by atoms with Gasteiger partial charge in [-0.25, -0.2) is 9.37 Å². The Balaban J connectivity index is 1.44. The van der Waals surface area contributed by atoms with Crippen LogP contribution in [0.25, 0.3) is 11.3 Å². The van der Waals surface area contributed by atoms with Gasteiger partial charge in [0.05, 0.1) is 17.6 Å². The fraction of sp³-hybridized carbons (Fsp3) is 0. The largest absolute Gasteiger partial charge is 0.330 e. The fourth-order valence-electron chi connectivity index (χ4n) is 2.58. The van der Waals surface area contributed by atoms with E-state index >= 15 is 0 Å². The number of halogens is 1. The molecule has 7 heteroatoms. The number of carbonyl (C=O) groups is 1. The number of hydrogen-bond donors (Lipinski definition) is 2. The van der Waals surface area contributed by atoms with E-state index in [0.717, 1.165) is 22.1 Å². The van der Waals surface area contributed by atoms with Crippen molar-refractivity contribution < 1.29 is 9.18 Å². The zero-order valence-electron chi connectivity index (χ0n) is 14.6. The van der Waals surface area contributed by atoms with Crippen LogP contribution in [0.3, 0.4) is 0 Å². The van der Waals surface area contributed by atoms with E-state index in [1.807, 2.05) is 29.6 Å². The first-order chi connectivity index (χ1) is 13.7. The van der Waals surface area contributed by atoms with Crippen LogP contribution in [0, 0.1) is 5.82 Å². The fourth-order valence-corrected chi connectivity index (χ4v) is 3.32. The van der Waals surface area contributed by atoms with Gasteiger partial charge >= 0.3 is 0 Å². The Morgan fingerprint density at radius 1 is 1.00 bits per heavy atom. The molecule has 0 aliphatic rings. The van der Waals surface area contributed by atoms with E-state index in [2.05, 4.69) is 20.6 Å². The summed E-state index contributed by atoms with van der Waals surface area (Å²) in [6.45, 7) is 0. The van der Waals surface area contributed by atoms with E-state index in [4.69, 9.17) is 0 Å². The van der Waals surface area contributed by atoms with Crippen molar-refractivity contribution in [2.75, 3.05) is 10.6 Å². The predicted molar refractivity (Wildman–Crippen MR) is 109 cm³/mol. The quantitative estimate of drug-likeness (QED) is 0.483. The number of thiazole rings is 1. The van der Waals surface area contributed by atoms with Crippen molar-refractivity contribution in [3.8, 4) is 11.3 Å². The normalized spacial score (nSPS) is 10.5. The third kappa shape index (κ3) is 4.21. The summed E-state index contributed by atoms with van der Waals surface area (Å²) in [4.78, 5) is 20.8. The lowest BCUT2D eigenvalue weighted by atomic mass is 10.1. The number of nitrogens with one attached hydrogen (secondary N) is 2. The average Bonchev–Trinajstić information content (AvgIpc) is 3.18. The van der Waals surface area contributed by atoms with Gasteiger partial charge in [-0.3, -0.25) is 9.78 Å². The molecule has 4 aromatic rings. The average molecular weight is 390 g/mol. The number of rotatable bonds is 5. The molecule has 5 nitrogen and oxygen atoms in total. The van der Waals surface area contributed by atoms with Crippen LogP contribution in [0.4, 0.5) is 20.9 Å². The first-order valence-electron chi connectivity index (χ1n) is 8.47. The van der Waals surface area contributed by atoms with Crippen LogP contribution in [0.1, 0.15) is 10.4 Å². The minimum absolute atomic E-state index is 0.273. The molecule has 2 N–H and O–H groups in total. The summed E-state index contributed by atoms with van der Waals surface area (Å²) in [5.74, 6) is -0.800. The molecule has 0 unspecified atom stereocenters. The number of anilines is 3. The highest BCUT2D eigenvalue weighted by Gasteiger charge is 2.08. The van der Waals surface area contributed by atoms with Crippen LogP contribution in [0.15, 0.2) is 78.4 Å². The highest BCUT2D eigenvalue weighted by Crippen LogP contribution is 2.27. The Bertz CT molecular complexity index is 1100. The first kappa shape index (κ1) is 17.8. The monoisotopic (exact) mass is 390 g/mol. The van der Waals surface area contributed by atoms with Crippen LogP contribution in [-0.4, -0.2) is 15.9 Å². The van der Waals surface area contributed by atoms with Crippen molar-refractivity contribution >= 4 is 33.8 Å². The standard InChI is InChI=1S/C21H15FN4OS/c22-16-4-1-3-15(11-16)20(27)24-17-8-6-14(7-9-17)19-13-28-21(26-19)25-18-5-2-10-23-12-18/h1-13H,(H,24,27)(H,25,26). The van der Waals surface area contributed by atoms with Gasteiger partial charge in [0.2, 0.25) is 0 Å². The second-order valence-corrected chi connectivity index (χ2v) is 6.80. The summed E-state index contributed by atoms with van der Waals surface area (Å²) in [5, 5.41) is 8.70. The zero-order valence-corrected chi connectivity index (χ0v) is 15.4. The van der Waals surface area contributed by atoms with Gasteiger partial charge in [-0.15, -0.1) is 11.3 Å². The van der Waals surface area contributed by atoms with Gasteiger partial charge in [-0.05, 0) is 42.5 Å². The van der Waals surface area contributed by atoms with E-state index in [9.17, 15) is 9.18 Å². The van der Waals surface area contributed by atoms with Crippen molar-refractivity contribution in [2.24, 2.45) is 0 Å². The minimum atomic E-state index is -0.442. The smallest absolute Gasteiger partial charge is 0.255 e. The van der Waals surface area contributed by atoms with Crippen LogP contribution in [0.2, 0.25) is 0 Å². The second kappa shape index (κ2) is 7.98. The molecule has 0 aliphatic carbocycles. The van der Waals surface area contributed by atoms with Gasteiger partial charge in [-0.2, -0.15) is 0 Å². The number of benzene rings is 2. The molecule has 0 aliphatic heterocycles. The van der Waals surface area contributed by atoms with E-state index in [1.165, 1.54) is 29.5 Å². The lowest BCUT2D eigenvalue weighted by Gasteiger charge is -2.06. The molecule has 2 aromatic carbocycles. The lowest BCUT2D eigenvalue weighted by molar-refractivity contribution is 0.102. The van der Waals surface area contributed by atoms with Crippen LogP contribution in [0.5, 0.6) is 0 Å². The van der Waals surface area contributed by atoms with E-state index in [0.29, 0.717) is 5.69 Å². The van der Waals surface area contributed by atoms with Gasteiger partial charge in [-0.1, -0.05) is 18.2 Å². The third-order valence-electron chi connectivity index (χ3n) is 3.94. The van der Waals surface area contributed by atoms with E-state index in [-0.39, 0.29) is 11.5 Å². The molecule has 0 saturated carbocycles. The number of pyridine rings is 1. The molecule has 0 atom stereocenters. The Morgan fingerprint density at radius 2 is 1.86 bits per heavy atom. The first-order valence-corrected chi connectivity index (χ1v) is 9.35. The molecule has 0 bridgehead atoms. The molecule has 0 spiro atoms. The predicted octanol–water partition coefficient (Wildman–Crippen LogP) is 5.34. The molecule has 0 fully saturated rings. The number of carbonyl (C=O) groups excluding carboxylic acids is 1. The van der Waals surface area contributed by atoms with Crippen molar-refractivity contribution in [3.63, 3.8) is 0 Å². The molecule has 28 heavy (non-hydrogen) atoms. The van der Waals surface area contributed by atoms with Crippen LogP contribution < -0.4 is 10.6 Å². The lowest BCUT2D eigenvalue weighted by Crippen LogP contribution is -2.11. The summed E-state index contributed by atoms with van der Waals surface area (Å²) in [6.07, 6.45) is 3.45. The summed E-state index contributed by atoms with van der Waals surface area (Å²) >= 11 is 1.50. The van der Waals surface area contributed by atoms with E-state index < -0.39 is 5.82 Å². The molecule has 0 saturated heterocycles. The Kier molecular flexibility index (Phi) is 5.07. The van der Waals surface area contributed by atoms with Crippen molar-refractivity contribution in [1.82, 2.24) is 9.97 Å². The van der Waals surface area contributed by atoms with Crippen molar-refractivity contribution in [3.05, 3.63) is 89.8 Å². The van der Waals surface area contributed by atoms with Crippen molar-refractivity contribution in [1.29, 1.82) is 0 Å². The second-order valence-electron chi connectivity index (χ2n) is 5.95. The minimum Gasteiger partial charge on any atom is -0.330 e. The highest BCUT2D eigenvalue weighted by atomic mass is 32.1. The van der Waals surface area contributed by atoms with E-state index in [1.54, 1.807) is 30.6 Å².